The van der Waals surface area contributed by atoms with Crippen molar-refractivity contribution < 1.29 is 9.59 Å². The summed E-state index contributed by atoms with van der Waals surface area (Å²) in [5.41, 5.74) is 3.76. The van der Waals surface area contributed by atoms with E-state index in [-0.39, 0.29) is 17.9 Å². The maximum Gasteiger partial charge on any atom is 0.253 e. The normalized spacial score (nSPS) is 27.5. The number of hydrogen-bond acceptors (Lipinski definition) is 4. The van der Waals surface area contributed by atoms with Crippen LogP contribution in [0.5, 0.6) is 0 Å². The molecular weight excluding hydrogens is 374 g/mol. The molecule has 0 N–H and O–H groups in total. The molecule has 144 valence electrons. The second-order valence-electron chi connectivity index (χ2n) is 7.95. The van der Waals surface area contributed by atoms with Crippen molar-refractivity contribution >= 4 is 29.1 Å². The summed E-state index contributed by atoms with van der Waals surface area (Å²) in [4.78, 5) is 28.2. The van der Waals surface area contributed by atoms with Gasteiger partial charge in [-0.15, -0.1) is 0 Å². The zero-order valence-electron chi connectivity index (χ0n) is 15.9. The summed E-state index contributed by atoms with van der Waals surface area (Å²) in [6.45, 7) is 5.65. The number of hydrogen-bond donors (Lipinski definition) is 0. The van der Waals surface area contributed by atoms with E-state index < -0.39 is 12.0 Å². The molecule has 5 rings (SSSR count). The van der Waals surface area contributed by atoms with Gasteiger partial charge < -0.3 is 0 Å². The maximum absolute atomic E-state index is 13.5. The number of amides is 2. The van der Waals surface area contributed by atoms with Crippen LogP contribution >= 0.6 is 11.6 Å². The van der Waals surface area contributed by atoms with E-state index in [4.69, 9.17) is 11.6 Å². The van der Waals surface area contributed by atoms with E-state index >= 15 is 0 Å². The van der Waals surface area contributed by atoms with E-state index in [1.165, 1.54) is 10.5 Å². The van der Waals surface area contributed by atoms with Gasteiger partial charge in [0.25, 0.3) is 5.91 Å². The Morgan fingerprint density at radius 2 is 1.57 bits per heavy atom. The number of halogens is 1. The highest BCUT2D eigenvalue weighted by Gasteiger charge is 2.62. The van der Waals surface area contributed by atoms with Crippen LogP contribution in [-0.2, 0) is 9.59 Å². The smallest absolute Gasteiger partial charge is 0.253 e. The molecule has 2 amide bonds. The Hall–Kier alpha value is -2.21. The predicted octanol–water partition coefficient (Wildman–Crippen LogP) is 3.49. The fourth-order valence-corrected chi connectivity index (χ4v) is 5.03. The van der Waals surface area contributed by atoms with Crippen molar-refractivity contribution in [3.63, 3.8) is 0 Å². The number of nitrogens with zero attached hydrogens (tertiary/aromatic N) is 3. The fraction of sp³-hybridized carbons (Fsp3) is 0.364. The van der Waals surface area contributed by atoms with Crippen LogP contribution < -0.4 is 4.90 Å². The minimum Gasteiger partial charge on any atom is -0.274 e. The molecule has 0 saturated carbocycles. The van der Waals surface area contributed by atoms with Gasteiger partial charge in [-0.25, -0.2) is 14.9 Å². The first-order chi connectivity index (χ1) is 13.5. The van der Waals surface area contributed by atoms with Gasteiger partial charge in [-0.3, -0.25) is 9.59 Å². The fourth-order valence-electron chi connectivity index (χ4n) is 4.85. The molecule has 3 aliphatic rings. The third-order valence-corrected chi connectivity index (χ3v) is 6.65. The molecule has 0 radical (unpaired) electrons. The number of imide groups is 1. The molecule has 0 unspecified atom stereocenters. The zero-order chi connectivity index (χ0) is 19.6. The number of aryl methyl sites for hydroxylation is 2. The van der Waals surface area contributed by atoms with E-state index in [0.29, 0.717) is 10.7 Å². The van der Waals surface area contributed by atoms with Crippen molar-refractivity contribution in [3.8, 4) is 0 Å². The molecule has 0 aliphatic carbocycles. The Morgan fingerprint density at radius 1 is 0.893 bits per heavy atom. The molecule has 5 nitrogen and oxygen atoms in total. The molecule has 3 heterocycles. The van der Waals surface area contributed by atoms with Crippen LogP contribution in [0.4, 0.5) is 5.69 Å². The van der Waals surface area contributed by atoms with Gasteiger partial charge in [-0.1, -0.05) is 47.5 Å². The Bertz CT molecular complexity index is 974. The monoisotopic (exact) mass is 395 g/mol. The summed E-state index contributed by atoms with van der Waals surface area (Å²) in [6.07, 6.45) is 1.00. The van der Waals surface area contributed by atoms with E-state index in [9.17, 15) is 9.59 Å². The first-order valence-corrected chi connectivity index (χ1v) is 10.1. The molecule has 3 saturated heterocycles. The number of carbonyl (C=O) groups excluding carboxylic acids is 2. The highest BCUT2D eigenvalue weighted by Crippen LogP contribution is 2.49. The van der Waals surface area contributed by atoms with Gasteiger partial charge in [-0.2, -0.15) is 0 Å². The summed E-state index contributed by atoms with van der Waals surface area (Å²) in [5, 5.41) is 4.91. The third-order valence-electron chi connectivity index (χ3n) is 6.24. The van der Waals surface area contributed by atoms with Crippen LogP contribution in [0.15, 0.2) is 42.5 Å². The topological polar surface area (TPSA) is 43.9 Å². The zero-order valence-corrected chi connectivity index (χ0v) is 16.7. The van der Waals surface area contributed by atoms with Crippen molar-refractivity contribution in [1.82, 2.24) is 10.0 Å². The first-order valence-electron chi connectivity index (χ1n) is 9.71. The predicted molar refractivity (Wildman–Crippen MR) is 108 cm³/mol. The highest BCUT2D eigenvalue weighted by atomic mass is 35.5. The molecule has 0 aromatic heterocycles. The largest absolute Gasteiger partial charge is 0.274 e. The molecule has 3 aliphatic heterocycles. The molecule has 0 spiro atoms. The van der Waals surface area contributed by atoms with Crippen LogP contribution in [0.3, 0.4) is 0 Å². The lowest BCUT2D eigenvalue weighted by molar-refractivity contribution is -0.126. The minimum atomic E-state index is -0.429. The average Bonchev–Trinajstić information content (AvgIpc) is 3.31. The number of rotatable bonds is 2. The van der Waals surface area contributed by atoms with Crippen LogP contribution in [0.25, 0.3) is 0 Å². The Kier molecular flexibility index (Phi) is 4.09. The molecule has 2 aromatic rings. The standard InChI is InChI=1S/C22H22ClN3O2/c1-13-4-7-15(8-5-13)19-18-20(25-11-3-10-24(19)25)22(28)26(21(18)27)16-9-6-14(2)17(23)12-16/h4-9,12,18-20H,3,10-11H2,1-2H3/t18-,19+,20+/m0/s1. The van der Waals surface area contributed by atoms with E-state index in [2.05, 4.69) is 41.2 Å². The van der Waals surface area contributed by atoms with Gasteiger partial charge in [0.1, 0.15) is 6.04 Å². The van der Waals surface area contributed by atoms with E-state index in [1.807, 2.05) is 13.0 Å². The van der Waals surface area contributed by atoms with Gasteiger partial charge in [0.2, 0.25) is 5.91 Å². The molecular formula is C22H22ClN3O2. The SMILES string of the molecule is Cc1ccc([C@@H]2[C@@H]3C(=O)N(c4ccc(C)c(Cl)c4)C(=O)[C@@H]3N3CCCN23)cc1. The lowest BCUT2D eigenvalue weighted by Crippen LogP contribution is -2.44. The van der Waals surface area contributed by atoms with E-state index in [1.54, 1.807) is 12.1 Å². The van der Waals surface area contributed by atoms with Gasteiger partial charge in [0.05, 0.1) is 17.6 Å². The Morgan fingerprint density at radius 3 is 2.25 bits per heavy atom. The van der Waals surface area contributed by atoms with Crippen molar-refractivity contribution in [3.05, 3.63) is 64.2 Å². The number of anilines is 1. The van der Waals surface area contributed by atoms with Crippen molar-refractivity contribution in [2.45, 2.75) is 32.4 Å². The summed E-state index contributed by atoms with van der Waals surface area (Å²) in [5.74, 6) is -0.665. The summed E-state index contributed by atoms with van der Waals surface area (Å²) in [7, 11) is 0. The van der Waals surface area contributed by atoms with Gasteiger partial charge >= 0.3 is 0 Å². The minimum absolute atomic E-state index is 0.101. The van der Waals surface area contributed by atoms with Gasteiger partial charge in [0.15, 0.2) is 0 Å². The molecule has 6 heteroatoms. The van der Waals surface area contributed by atoms with Crippen molar-refractivity contribution in [1.29, 1.82) is 0 Å². The lowest BCUT2D eigenvalue weighted by Gasteiger charge is -2.30. The summed E-state index contributed by atoms with van der Waals surface area (Å²) < 4.78 is 0. The molecule has 2 aromatic carbocycles. The third kappa shape index (κ3) is 2.47. The number of benzene rings is 2. The quantitative estimate of drug-likeness (QED) is 0.730. The molecule has 28 heavy (non-hydrogen) atoms. The summed E-state index contributed by atoms with van der Waals surface area (Å²) >= 11 is 6.27. The van der Waals surface area contributed by atoms with Crippen molar-refractivity contribution in [2.24, 2.45) is 5.92 Å². The first kappa shape index (κ1) is 17.9. The number of hydrazine groups is 1. The van der Waals surface area contributed by atoms with Crippen LogP contribution in [0, 0.1) is 19.8 Å². The highest BCUT2D eigenvalue weighted by molar-refractivity contribution is 6.32. The van der Waals surface area contributed by atoms with Crippen LogP contribution in [-0.4, -0.2) is 41.0 Å². The second-order valence-corrected chi connectivity index (χ2v) is 8.36. The summed E-state index contributed by atoms with van der Waals surface area (Å²) in [6, 6.07) is 13.2. The number of carbonyl (C=O) groups is 2. The molecule has 3 atom stereocenters. The second kappa shape index (κ2) is 6.41. The Labute approximate surface area is 169 Å². The van der Waals surface area contributed by atoms with Gasteiger partial charge in [-0.05, 0) is 43.5 Å². The molecule has 0 bridgehead atoms. The van der Waals surface area contributed by atoms with Crippen LogP contribution in [0.1, 0.15) is 29.2 Å². The average molecular weight is 396 g/mol. The Balaban J connectivity index is 1.58. The molecule has 3 fully saturated rings. The van der Waals surface area contributed by atoms with E-state index in [0.717, 1.165) is 30.6 Å². The maximum atomic E-state index is 13.5. The van der Waals surface area contributed by atoms with Crippen molar-refractivity contribution in [2.75, 3.05) is 18.0 Å². The van der Waals surface area contributed by atoms with Gasteiger partial charge in [0, 0.05) is 18.1 Å². The lowest BCUT2D eigenvalue weighted by atomic mass is 9.89. The van der Waals surface area contributed by atoms with Crippen LogP contribution in [0.2, 0.25) is 5.02 Å². The number of fused-ring (bicyclic) bond motifs is 3.